The van der Waals surface area contributed by atoms with Crippen LogP contribution < -0.4 is 0 Å². The number of likely N-dealkylation sites (tertiary alicyclic amines) is 1. The number of rotatable bonds is 2. The zero-order valence-corrected chi connectivity index (χ0v) is 16.2. The Morgan fingerprint density at radius 1 is 1.14 bits per heavy atom. The number of amides is 1. The van der Waals surface area contributed by atoms with Crippen molar-refractivity contribution in [2.24, 2.45) is 11.8 Å². The Hall–Kier alpha value is -2.35. The van der Waals surface area contributed by atoms with Gasteiger partial charge in [-0.1, -0.05) is 18.2 Å². The van der Waals surface area contributed by atoms with Crippen molar-refractivity contribution in [2.75, 3.05) is 20.1 Å². The van der Waals surface area contributed by atoms with E-state index in [1.165, 1.54) is 12.1 Å². The Morgan fingerprint density at radius 2 is 1.83 bits per heavy atom. The van der Waals surface area contributed by atoms with Crippen molar-refractivity contribution in [3.05, 3.63) is 52.3 Å². The van der Waals surface area contributed by atoms with Crippen LogP contribution >= 0.6 is 0 Å². The van der Waals surface area contributed by atoms with Gasteiger partial charge in [-0.3, -0.25) is 14.8 Å². The van der Waals surface area contributed by atoms with E-state index in [9.17, 15) is 18.0 Å². The monoisotopic (exact) mass is 404 g/mol. The molecule has 1 aromatic heterocycles. The second-order valence-electron chi connectivity index (χ2n) is 8.69. The predicted octanol–water partition coefficient (Wildman–Crippen LogP) is 3.64. The lowest BCUT2D eigenvalue weighted by Gasteiger charge is -2.21. The summed E-state index contributed by atoms with van der Waals surface area (Å²) in [7, 11) is 2.00. The average Bonchev–Trinajstić information content (AvgIpc) is 3.39. The van der Waals surface area contributed by atoms with Crippen LogP contribution in [0.2, 0.25) is 0 Å². The Bertz CT molecular complexity index is 940. The fourth-order valence-electron chi connectivity index (χ4n) is 5.46. The number of alkyl halides is 3. The molecular formula is C21H23F3N4O. The molecule has 29 heavy (non-hydrogen) atoms. The molecule has 0 bridgehead atoms. The predicted molar refractivity (Wildman–Crippen MR) is 100 cm³/mol. The summed E-state index contributed by atoms with van der Waals surface area (Å²) in [6.07, 6.45) is -2.93. The molecule has 2 aliphatic heterocycles. The van der Waals surface area contributed by atoms with Crippen molar-refractivity contribution < 1.29 is 18.0 Å². The van der Waals surface area contributed by atoms with Gasteiger partial charge in [0.1, 0.15) is 0 Å². The van der Waals surface area contributed by atoms with Crippen molar-refractivity contribution in [2.45, 2.75) is 38.0 Å². The van der Waals surface area contributed by atoms with Crippen LogP contribution in [-0.2, 0) is 19.3 Å². The highest BCUT2D eigenvalue weighted by Crippen LogP contribution is 2.49. The van der Waals surface area contributed by atoms with Gasteiger partial charge in [-0.15, -0.1) is 0 Å². The second kappa shape index (κ2) is 6.58. The third kappa shape index (κ3) is 3.13. The van der Waals surface area contributed by atoms with Crippen LogP contribution in [0.4, 0.5) is 13.2 Å². The zero-order valence-electron chi connectivity index (χ0n) is 16.2. The molecule has 3 aliphatic rings. The van der Waals surface area contributed by atoms with Gasteiger partial charge in [0.05, 0.1) is 11.3 Å². The van der Waals surface area contributed by atoms with E-state index in [1.807, 2.05) is 11.9 Å². The summed E-state index contributed by atoms with van der Waals surface area (Å²) in [6.45, 7) is 2.68. The molecule has 154 valence electrons. The number of H-pyrrole nitrogens is 1. The van der Waals surface area contributed by atoms with Crippen LogP contribution in [0.25, 0.3) is 0 Å². The highest BCUT2D eigenvalue weighted by atomic mass is 19.4. The van der Waals surface area contributed by atoms with Gasteiger partial charge in [0.15, 0.2) is 5.69 Å². The molecular weight excluding hydrogens is 381 g/mol. The van der Waals surface area contributed by atoms with Crippen molar-refractivity contribution in [3.63, 3.8) is 0 Å². The number of halogens is 3. The van der Waals surface area contributed by atoms with Crippen LogP contribution in [0.1, 0.15) is 51.6 Å². The number of carbonyl (C=O) groups excluding carboxylic acids is 1. The van der Waals surface area contributed by atoms with Gasteiger partial charge in [-0.05, 0) is 49.3 Å². The molecule has 1 amide bonds. The van der Waals surface area contributed by atoms with E-state index in [-0.39, 0.29) is 23.7 Å². The highest BCUT2D eigenvalue weighted by molar-refractivity contribution is 5.94. The standard InChI is InChI=1S/C21H23F3N4O/c1-27-10-16-18(11-27)25-26-19(16)20(29)28-8-13-6-12(7-14(13)9-28)15-4-2-3-5-17(15)21(22,23)24/h2-5,12-14H,6-11H2,1H3,(H,25,26)/t12?,13-,14+. The van der Waals surface area contributed by atoms with E-state index in [0.29, 0.717) is 43.7 Å². The van der Waals surface area contributed by atoms with Crippen molar-refractivity contribution in [1.82, 2.24) is 20.0 Å². The first-order valence-corrected chi connectivity index (χ1v) is 10.0. The maximum Gasteiger partial charge on any atom is 0.416 e. The summed E-state index contributed by atoms with van der Waals surface area (Å²) in [4.78, 5) is 17.0. The number of nitrogens with zero attached hydrogens (tertiary/aromatic N) is 3. The van der Waals surface area contributed by atoms with Crippen LogP contribution in [0, 0.1) is 11.8 Å². The van der Waals surface area contributed by atoms with E-state index >= 15 is 0 Å². The summed E-state index contributed by atoms with van der Waals surface area (Å²) in [5, 5.41) is 7.22. The molecule has 0 radical (unpaired) electrons. The van der Waals surface area contributed by atoms with Gasteiger partial charge in [0.25, 0.3) is 5.91 Å². The van der Waals surface area contributed by atoms with Gasteiger partial charge < -0.3 is 4.90 Å². The van der Waals surface area contributed by atoms with E-state index in [1.54, 1.807) is 12.1 Å². The highest BCUT2D eigenvalue weighted by Gasteiger charge is 2.45. The smallest absolute Gasteiger partial charge is 0.337 e. The minimum absolute atomic E-state index is 0.0561. The molecule has 1 N–H and O–H groups in total. The van der Waals surface area contributed by atoms with Crippen molar-refractivity contribution in [3.8, 4) is 0 Å². The minimum Gasteiger partial charge on any atom is -0.337 e. The van der Waals surface area contributed by atoms with Crippen molar-refractivity contribution in [1.29, 1.82) is 0 Å². The third-order valence-corrected chi connectivity index (χ3v) is 6.76. The number of fused-ring (bicyclic) bond motifs is 2. The Labute approximate surface area is 166 Å². The van der Waals surface area contributed by atoms with Gasteiger partial charge in [0.2, 0.25) is 0 Å². The van der Waals surface area contributed by atoms with Crippen LogP contribution in [0.3, 0.4) is 0 Å². The lowest BCUT2D eigenvalue weighted by Crippen LogP contribution is -2.31. The number of aromatic amines is 1. The number of carbonyl (C=O) groups is 1. The molecule has 1 aromatic carbocycles. The molecule has 1 saturated carbocycles. The Morgan fingerprint density at radius 3 is 2.52 bits per heavy atom. The lowest BCUT2D eigenvalue weighted by atomic mass is 9.91. The summed E-state index contributed by atoms with van der Waals surface area (Å²) in [5.74, 6) is 0.350. The first-order valence-electron chi connectivity index (χ1n) is 10.0. The Kier molecular flexibility index (Phi) is 4.24. The van der Waals surface area contributed by atoms with Gasteiger partial charge >= 0.3 is 6.18 Å². The first-order chi connectivity index (χ1) is 13.8. The maximum atomic E-state index is 13.4. The number of hydrogen-bond donors (Lipinski definition) is 1. The van der Waals surface area contributed by atoms with E-state index < -0.39 is 11.7 Å². The summed E-state index contributed by atoms with van der Waals surface area (Å²) < 4.78 is 40.2. The molecule has 0 spiro atoms. The maximum absolute atomic E-state index is 13.4. The Balaban J connectivity index is 1.30. The quantitative estimate of drug-likeness (QED) is 0.832. The summed E-state index contributed by atoms with van der Waals surface area (Å²) >= 11 is 0. The molecule has 5 rings (SSSR count). The molecule has 3 atom stereocenters. The fourth-order valence-corrected chi connectivity index (χ4v) is 5.46. The molecule has 8 heteroatoms. The number of nitrogens with one attached hydrogen (secondary N) is 1. The molecule has 2 aromatic rings. The summed E-state index contributed by atoms with van der Waals surface area (Å²) in [6, 6.07) is 5.92. The molecule has 5 nitrogen and oxygen atoms in total. The zero-order chi connectivity index (χ0) is 20.3. The molecule has 2 fully saturated rings. The fraction of sp³-hybridized carbons (Fsp3) is 0.524. The van der Waals surface area contributed by atoms with E-state index in [0.717, 1.165) is 17.8 Å². The van der Waals surface area contributed by atoms with Gasteiger partial charge in [-0.2, -0.15) is 18.3 Å². The summed E-state index contributed by atoms with van der Waals surface area (Å²) in [5.41, 5.74) is 2.36. The van der Waals surface area contributed by atoms with Gasteiger partial charge in [0, 0.05) is 31.7 Å². The van der Waals surface area contributed by atoms with Crippen LogP contribution in [-0.4, -0.2) is 46.0 Å². The van der Waals surface area contributed by atoms with Crippen LogP contribution in [0.5, 0.6) is 0 Å². The van der Waals surface area contributed by atoms with E-state index in [4.69, 9.17) is 0 Å². The molecule has 1 unspecified atom stereocenters. The average molecular weight is 404 g/mol. The normalized spacial score (nSPS) is 26.8. The van der Waals surface area contributed by atoms with Crippen molar-refractivity contribution >= 4 is 5.91 Å². The second-order valence-corrected chi connectivity index (χ2v) is 8.69. The number of aromatic nitrogens is 2. The first kappa shape index (κ1) is 18.7. The van der Waals surface area contributed by atoms with E-state index in [2.05, 4.69) is 15.1 Å². The molecule has 3 heterocycles. The van der Waals surface area contributed by atoms with Gasteiger partial charge in [-0.25, -0.2) is 0 Å². The SMILES string of the molecule is CN1Cc2[nH]nc(C(=O)N3C[C@H]4CC(c5ccccc5C(F)(F)F)C[C@H]4C3)c2C1. The largest absolute Gasteiger partial charge is 0.416 e. The molecule has 1 saturated heterocycles. The third-order valence-electron chi connectivity index (χ3n) is 6.76. The topological polar surface area (TPSA) is 52.2 Å². The molecule has 1 aliphatic carbocycles. The lowest BCUT2D eigenvalue weighted by molar-refractivity contribution is -0.138. The number of benzene rings is 1. The van der Waals surface area contributed by atoms with Crippen LogP contribution in [0.15, 0.2) is 24.3 Å². The number of hydrogen-bond acceptors (Lipinski definition) is 3. The minimum atomic E-state index is -4.33.